The van der Waals surface area contributed by atoms with Crippen molar-refractivity contribution in [3.05, 3.63) is 84.0 Å². The number of hydrogen-bond acceptors (Lipinski definition) is 2. The van der Waals surface area contributed by atoms with Crippen molar-refractivity contribution in [2.24, 2.45) is 9.98 Å². The molecule has 0 fully saturated rings. The van der Waals surface area contributed by atoms with E-state index in [4.69, 9.17) is 9.98 Å². The zero-order chi connectivity index (χ0) is 24.3. The first-order valence-electron chi connectivity index (χ1n) is 13.4. The Labute approximate surface area is 208 Å². The molecule has 34 heavy (non-hydrogen) atoms. The maximum atomic E-state index is 5.08. The lowest BCUT2D eigenvalue weighted by molar-refractivity contribution is 0.838. The van der Waals surface area contributed by atoms with Gasteiger partial charge in [0.2, 0.25) is 0 Å². The molecule has 2 rings (SSSR count). The standard InChI is InChI=1S/C32H44N2/c1-4-7-10-12-14-20-28-22-16-18-25-31(28)33-27-30(24-9-6-3)34-32-26-19-17-23-29(32)21-15-13-11-8-5-2/h10-13,16-19,22-23,25-27H,4-9,14-15,20-21,24H2,1-3H3. The third kappa shape index (κ3) is 10.9. The Morgan fingerprint density at radius 3 is 1.76 bits per heavy atom. The molecule has 0 N–H and O–H groups in total. The van der Waals surface area contributed by atoms with E-state index in [1.165, 1.54) is 24.0 Å². The van der Waals surface area contributed by atoms with Crippen LogP contribution in [0.1, 0.15) is 89.7 Å². The Kier molecular flexibility index (Phi) is 14.3. The average molecular weight is 457 g/mol. The van der Waals surface area contributed by atoms with Crippen molar-refractivity contribution in [3.63, 3.8) is 0 Å². The zero-order valence-electron chi connectivity index (χ0n) is 21.7. The van der Waals surface area contributed by atoms with Gasteiger partial charge in [-0.05, 0) is 74.6 Å². The lowest BCUT2D eigenvalue weighted by Gasteiger charge is -2.07. The summed E-state index contributed by atoms with van der Waals surface area (Å²) in [6, 6.07) is 17.1. The Hall–Kier alpha value is -2.74. The second-order valence-corrected chi connectivity index (χ2v) is 8.82. The summed E-state index contributed by atoms with van der Waals surface area (Å²) in [5, 5.41) is 0. The van der Waals surface area contributed by atoms with Crippen molar-refractivity contribution in [1.29, 1.82) is 0 Å². The number of rotatable bonds is 16. The third-order valence-electron chi connectivity index (χ3n) is 5.79. The summed E-state index contributed by atoms with van der Waals surface area (Å²) in [5.41, 5.74) is 5.82. The van der Waals surface area contributed by atoms with E-state index in [2.05, 4.69) is 93.6 Å². The molecular formula is C32H44N2. The molecule has 0 aliphatic rings. The highest BCUT2D eigenvalue weighted by molar-refractivity contribution is 6.31. The van der Waals surface area contributed by atoms with Gasteiger partial charge in [-0.2, -0.15) is 0 Å². The van der Waals surface area contributed by atoms with Crippen LogP contribution in [0, 0.1) is 0 Å². The molecule has 0 bridgehead atoms. The van der Waals surface area contributed by atoms with E-state index >= 15 is 0 Å². The molecule has 0 unspecified atom stereocenters. The molecule has 0 aliphatic carbocycles. The maximum absolute atomic E-state index is 5.08. The third-order valence-corrected chi connectivity index (χ3v) is 5.79. The first-order chi connectivity index (χ1) is 16.8. The molecule has 182 valence electrons. The van der Waals surface area contributed by atoms with Crippen LogP contribution in [0.25, 0.3) is 0 Å². The highest BCUT2D eigenvalue weighted by atomic mass is 14.8. The molecule has 0 aromatic heterocycles. The number of aliphatic imine (C=N–C) groups is 2. The van der Waals surface area contributed by atoms with Crippen LogP contribution in [-0.2, 0) is 12.8 Å². The summed E-state index contributed by atoms with van der Waals surface area (Å²) in [4.78, 5) is 9.99. The van der Waals surface area contributed by atoms with Crippen molar-refractivity contribution in [3.8, 4) is 0 Å². The number of para-hydroxylation sites is 2. The van der Waals surface area contributed by atoms with E-state index in [-0.39, 0.29) is 0 Å². The molecule has 0 atom stereocenters. The quantitative estimate of drug-likeness (QED) is 0.177. The van der Waals surface area contributed by atoms with Gasteiger partial charge < -0.3 is 0 Å². The fraction of sp³-hybridized carbons (Fsp3) is 0.438. The maximum Gasteiger partial charge on any atom is 0.0665 e. The minimum absolute atomic E-state index is 0.951. The topological polar surface area (TPSA) is 24.7 Å². The van der Waals surface area contributed by atoms with E-state index in [0.29, 0.717) is 0 Å². The van der Waals surface area contributed by atoms with Crippen LogP contribution in [0.5, 0.6) is 0 Å². The first-order valence-corrected chi connectivity index (χ1v) is 13.4. The Morgan fingerprint density at radius 1 is 0.647 bits per heavy atom. The molecular weight excluding hydrogens is 412 g/mol. The number of aryl methyl sites for hydroxylation is 2. The molecule has 0 radical (unpaired) electrons. The van der Waals surface area contributed by atoms with Gasteiger partial charge in [-0.25, -0.2) is 0 Å². The van der Waals surface area contributed by atoms with Gasteiger partial charge >= 0.3 is 0 Å². The van der Waals surface area contributed by atoms with Gasteiger partial charge in [0.15, 0.2) is 0 Å². The summed E-state index contributed by atoms with van der Waals surface area (Å²) < 4.78 is 0. The molecule has 0 amide bonds. The van der Waals surface area contributed by atoms with E-state index in [1.807, 2.05) is 6.21 Å². The van der Waals surface area contributed by atoms with E-state index < -0.39 is 0 Å². The fourth-order valence-electron chi connectivity index (χ4n) is 3.77. The first kappa shape index (κ1) is 27.5. The van der Waals surface area contributed by atoms with Crippen LogP contribution < -0.4 is 0 Å². The normalized spacial score (nSPS) is 12.5. The molecule has 0 aliphatic heterocycles. The highest BCUT2D eigenvalue weighted by Crippen LogP contribution is 2.23. The van der Waals surface area contributed by atoms with Crippen LogP contribution in [0.2, 0.25) is 0 Å². The minimum Gasteiger partial charge on any atom is -0.255 e. The lowest BCUT2D eigenvalue weighted by atomic mass is 10.1. The monoisotopic (exact) mass is 456 g/mol. The smallest absolute Gasteiger partial charge is 0.0665 e. The fourth-order valence-corrected chi connectivity index (χ4v) is 3.77. The van der Waals surface area contributed by atoms with Crippen LogP contribution in [0.4, 0.5) is 11.4 Å². The van der Waals surface area contributed by atoms with Crippen molar-refractivity contribution >= 4 is 23.3 Å². The van der Waals surface area contributed by atoms with Gasteiger partial charge in [-0.1, -0.05) is 101 Å². The molecule has 2 heteroatoms. The number of benzene rings is 2. The second kappa shape index (κ2) is 17.7. The molecule has 0 saturated carbocycles. The summed E-state index contributed by atoms with van der Waals surface area (Å²) in [7, 11) is 0. The summed E-state index contributed by atoms with van der Waals surface area (Å²) in [6.07, 6.45) is 23.3. The molecule has 0 spiro atoms. The van der Waals surface area contributed by atoms with Crippen molar-refractivity contribution < 1.29 is 0 Å². The number of nitrogens with zero attached hydrogens (tertiary/aromatic N) is 2. The number of allylic oxidation sites excluding steroid dienone is 4. The van der Waals surface area contributed by atoms with Crippen molar-refractivity contribution in [2.45, 2.75) is 91.4 Å². The second-order valence-electron chi connectivity index (χ2n) is 8.82. The molecule has 2 aromatic rings. The zero-order valence-corrected chi connectivity index (χ0v) is 21.7. The molecule has 2 nitrogen and oxygen atoms in total. The summed E-state index contributed by atoms with van der Waals surface area (Å²) in [6.45, 7) is 6.67. The van der Waals surface area contributed by atoms with Gasteiger partial charge in [0.1, 0.15) is 0 Å². The van der Waals surface area contributed by atoms with Crippen molar-refractivity contribution in [2.75, 3.05) is 0 Å². The number of unbranched alkanes of at least 4 members (excludes halogenated alkanes) is 3. The van der Waals surface area contributed by atoms with Crippen LogP contribution in [-0.4, -0.2) is 11.9 Å². The van der Waals surface area contributed by atoms with Crippen LogP contribution in [0.3, 0.4) is 0 Å². The Balaban J connectivity index is 2.18. The van der Waals surface area contributed by atoms with Crippen molar-refractivity contribution in [1.82, 2.24) is 0 Å². The molecule has 2 aromatic carbocycles. The number of hydrogen-bond donors (Lipinski definition) is 0. The van der Waals surface area contributed by atoms with E-state index in [0.717, 1.165) is 74.9 Å². The van der Waals surface area contributed by atoms with Crippen LogP contribution in [0.15, 0.2) is 82.8 Å². The average Bonchev–Trinajstić information content (AvgIpc) is 2.87. The lowest BCUT2D eigenvalue weighted by Crippen LogP contribution is -2.00. The predicted octanol–water partition coefficient (Wildman–Crippen LogP) is 9.93. The van der Waals surface area contributed by atoms with Gasteiger partial charge in [0, 0.05) is 6.21 Å². The van der Waals surface area contributed by atoms with Gasteiger partial charge in [0.25, 0.3) is 0 Å². The van der Waals surface area contributed by atoms with Gasteiger partial charge in [-0.3, -0.25) is 9.98 Å². The largest absolute Gasteiger partial charge is 0.255 e. The van der Waals surface area contributed by atoms with Gasteiger partial charge in [0.05, 0.1) is 17.1 Å². The molecule has 0 saturated heterocycles. The predicted molar refractivity (Wildman–Crippen MR) is 152 cm³/mol. The van der Waals surface area contributed by atoms with E-state index in [1.54, 1.807) is 0 Å². The van der Waals surface area contributed by atoms with Crippen LogP contribution >= 0.6 is 0 Å². The van der Waals surface area contributed by atoms with Gasteiger partial charge in [-0.15, -0.1) is 0 Å². The summed E-state index contributed by atoms with van der Waals surface area (Å²) >= 11 is 0. The minimum atomic E-state index is 0.951. The van der Waals surface area contributed by atoms with E-state index in [9.17, 15) is 0 Å². The Bertz CT molecular complexity index is 934. The highest BCUT2D eigenvalue weighted by Gasteiger charge is 2.04. The summed E-state index contributed by atoms with van der Waals surface area (Å²) in [5.74, 6) is 0. The SMILES string of the molecule is CCCC=CCCc1ccccc1N=CC(CCCC)=Nc1ccccc1CCC=CCCC. The Morgan fingerprint density at radius 2 is 1.18 bits per heavy atom. The molecule has 0 heterocycles.